The van der Waals surface area contributed by atoms with Crippen molar-refractivity contribution in [1.29, 1.82) is 0 Å². The SMILES string of the molecule is Cc1c(O)cccc1C(=O)Nc1cccc(OCCN)c1. The van der Waals surface area contributed by atoms with Crippen LogP contribution in [0, 0.1) is 6.92 Å². The zero-order chi connectivity index (χ0) is 15.2. The van der Waals surface area contributed by atoms with Crippen LogP contribution in [-0.2, 0) is 0 Å². The Bertz CT molecular complexity index is 641. The van der Waals surface area contributed by atoms with Gasteiger partial charge in [-0.25, -0.2) is 0 Å². The molecular weight excluding hydrogens is 268 g/mol. The smallest absolute Gasteiger partial charge is 0.256 e. The monoisotopic (exact) mass is 286 g/mol. The van der Waals surface area contributed by atoms with Crippen molar-refractivity contribution in [3.05, 3.63) is 53.6 Å². The summed E-state index contributed by atoms with van der Waals surface area (Å²) in [4.78, 5) is 12.2. The summed E-state index contributed by atoms with van der Waals surface area (Å²) in [5.74, 6) is 0.466. The second kappa shape index (κ2) is 6.76. The van der Waals surface area contributed by atoms with E-state index in [4.69, 9.17) is 10.5 Å². The number of benzene rings is 2. The van der Waals surface area contributed by atoms with E-state index >= 15 is 0 Å². The molecule has 4 N–H and O–H groups in total. The number of rotatable bonds is 5. The van der Waals surface area contributed by atoms with Gasteiger partial charge in [-0.15, -0.1) is 0 Å². The van der Waals surface area contributed by atoms with Crippen molar-refractivity contribution in [2.45, 2.75) is 6.92 Å². The van der Waals surface area contributed by atoms with Crippen molar-refractivity contribution >= 4 is 11.6 Å². The van der Waals surface area contributed by atoms with Crippen molar-refractivity contribution in [1.82, 2.24) is 0 Å². The summed E-state index contributed by atoms with van der Waals surface area (Å²) in [6.07, 6.45) is 0. The van der Waals surface area contributed by atoms with Crippen LogP contribution in [0.5, 0.6) is 11.5 Å². The number of nitrogens with two attached hydrogens (primary N) is 1. The summed E-state index contributed by atoms with van der Waals surface area (Å²) in [5.41, 5.74) is 6.99. The van der Waals surface area contributed by atoms with Crippen molar-refractivity contribution in [3.63, 3.8) is 0 Å². The molecule has 0 aliphatic carbocycles. The van der Waals surface area contributed by atoms with E-state index in [1.165, 1.54) is 0 Å². The summed E-state index contributed by atoms with van der Waals surface area (Å²) < 4.78 is 5.41. The Balaban J connectivity index is 2.14. The van der Waals surface area contributed by atoms with Gasteiger partial charge in [0, 0.05) is 29.4 Å². The fourth-order valence-corrected chi connectivity index (χ4v) is 1.91. The van der Waals surface area contributed by atoms with Crippen LogP contribution in [0.3, 0.4) is 0 Å². The normalized spacial score (nSPS) is 10.2. The topological polar surface area (TPSA) is 84.6 Å². The number of hydrogen-bond acceptors (Lipinski definition) is 4. The Morgan fingerprint density at radius 3 is 2.81 bits per heavy atom. The minimum atomic E-state index is -0.278. The van der Waals surface area contributed by atoms with E-state index in [1.807, 2.05) is 0 Å². The van der Waals surface area contributed by atoms with Crippen LogP contribution >= 0.6 is 0 Å². The number of carbonyl (C=O) groups is 1. The van der Waals surface area contributed by atoms with Gasteiger partial charge in [-0.2, -0.15) is 0 Å². The summed E-state index contributed by atoms with van der Waals surface area (Å²) >= 11 is 0. The second-order valence-corrected chi connectivity index (χ2v) is 4.57. The van der Waals surface area contributed by atoms with Gasteiger partial charge in [0.2, 0.25) is 0 Å². The molecule has 0 radical (unpaired) electrons. The fraction of sp³-hybridized carbons (Fsp3) is 0.188. The molecule has 0 aliphatic rings. The zero-order valence-electron chi connectivity index (χ0n) is 11.8. The highest BCUT2D eigenvalue weighted by Crippen LogP contribution is 2.22. The largest absolute Gasteiger partial charge is 0.508 e. The highest BCUT2D eigenvalue weighted by atomic mass is 16.5. The van der Waals surface area contributed by atoms with Crippen LogP contribution in [0.1, 0.15) is 15.9 Å². The Morgan fingerprint density at radius 2 is 2.05 bits per heavy atom. The molecule has 0 bridgehead atoms. The number of nitrogens with one attached hydrogen (secondary N) is 1. The number of amides is 1. The lowest BCUT2D eigenvalue weighted by Crippen LogP contribution is -2.14. The van der Waals surface area contributed by atoms with Gasteiger partial charge in [0.1, 0.15) is 18.1 Å². The molecule has 0 unspecified atom stereocenters. The predicted octanol–water partition coefficient (Wildman–Crippen LogP) is 2.29. The molecule has 0 saturated carbocycles. The van der Waals surface area contributed by atoms with Crippen molar-refractivity contribution in [2.75, 3.05) is 18.5 Å². The van der Waals surface area contributed by atoms with Crippen LogP contribution in [0.25, 0.3) is 0 Å². The number of phenolic OH excluding ortho intramolecular Hbond substituents is 1. The summed E-state index contributed by atoms with van der Waals surface area (Å²) in [6.45, 7) is 2.55. The first-order valence-corrected chi connectivity index (χ1v) is 6.64. The molecular formula is C16H18N2O3. The molecule has 0 atom stereocenters. The summed E-state index contributed by atoms with van der Waals surface area (Å²) in [6, 6.07) is 11.9. The Hall–Kier alpha value is -2.53. The highest BCUT2D eigenvalue weighted by molar-refractivity contribution is 6.05. The minimum Gasteiger partial charge on any atom is -0.508 e. The first-order chi connectivity index (χ1) is 10.1. The zero-order valence-corrected chi connectivity index (χ0v) is 11.8. The molecule has 0 fully saturated rings. The molecule has 110 valence electrons. The average Bonchev–Trinajstić information content (AvgIpc) is 2.48. The van der Waals surface area contributed by atoms with Crippen LogP contribution in [0.2, 0.25) is 0 Å². The van der Waals surface area contributed by atoms with Gasteiger partial charge in [-0.05, 0) is 31.2 Å². The number of ether oxygens (including phenoxy) is 1. The van der Waals surface area contributed by atoms with Crippen molar-refractivity contribution in [2.24, 2.45) is 5.73 Å². The van der Waals surface area contributed by atoms with Crippen molar-refractivity contribution in [3.8, 4) is 11.5 Å². The summed E-state index contributed by atoms with van der Waals surface area (Å²) in [5, 5.41) is 12.4. The highest BCUT2D eigenvalue weighted by Gasteiger charge is 2.11. The molecule has 0 spiro atoms. The van der Waals surface area contributed by atoms with Gasteiger partial charge < -0.3 is 20.9 Å². The van der Waals surface area contributed by atoms with Crippen LogP contribution in [-0.4, -0.2) is 24.2 Å². The van der Waals surface area contributed by atoms with E-state index in [2.05, 4.69) is 5.32 Å². The number of anilines is 1. The van der Waals surface area contributed by atoms with Crippen LogP contribution in [0.15, 0.2) is 42.5 Å². The molecule has 21 heavy (non-hydrogen) atoms. The molecule has 0 heterocycles. The molecule has 0 saturated heterocycles. The first kappa shape index (κ1) is 14.9. The Labute approximate surface area is 123 Å². The molecule has 2 aromatic carbocycles. The average molecular weight is 286 g/mol. The van der Waals surface area contributed by atoms with Crippen LogP contribution < -0.4 is 15.8 Å². The lowest BCUT2D eigenvalue weighted by molar-refractivity contribution is 0.102. The predicted molar refractivity (Wildman–Crippen MR) is 81.8 cm³/mol. The molecule has 0 aromatic heterocycles. The second-order valence-electron chi connectivity index (χ2n) is 4.57. The summed E-state index contributed by atoms with van der Waals surface area (Å²) in [7, 11) is 0. The Morgan fingerprint density at radius 1 is 1.29 bits per heavy atom. The van der Waals surface area contributed by atoms with E-state index < -0.39 is 0 Å². The number of phenols is 1. The molecule has 2 rings (SSSR count). The van der Waals surface area contributed by atoms with E-state index in [0.717, 1.165) is 0 Å². The van der Waals surface area contributed by atoms with Gasteiger partial charge in [0.15, 0.2) is 0 Å². The van der Waals surface area contributed by atoms with Crippen molar-refractivity contribution < 1.29 is 14.6 Å². The first-order valence-electron chi connectivity index (χ1n) is 6.64. The maximum atomic E-state index is 12.2. The third-order valence-corrected chi connectivity index (χ3v) is 3.03. The Kier molecular flexibility index (Phi) is 4.79. The van der Waals surface area contributed by atoms with E-state index in [1.54, 1.807) is 49.4 Å². The maximum absolute atomic E-state index is 12.2. The third-order valence-electron chi connectivity index (χ3n) is 3.03. The van der Waals surface area contributed by atoms with E-state index in [-0.39, 0.29) is 11.7 Å². The lowest BCUT2D eigenvalue weighted by Gasteiger charge is -2.10. The van der Waals surface area contributed by atoms with Gasteiger partial charge in [-0.3, -0.25) is 4.79 Å². The molecule has 1 amide bonds. The number of aromatic hydroxyl groups is 1. The van der Waals surface area contributed by atoms with Gasteiger partial charge in [0.25, 0.3) is 5.91 Å². The van der Waals surface area contributed by atoms with Gasteiger partial charge in [0.05, 0.1) is 0 Å². The number of carbonyl (C=O) groups excluding carboxylic acids is 1. The van der Waals surface area contributed by atoms with Gasteiger partial charge in [-0.1, -0.05) is 12.1 Å². The quantitative estimate of drug-likeness (QED) is 0.787. The van der Waals surface area contributed by atoms with E-state index in [9.17, 15) is 9.90 Å². The fourth-order valence-electron chi connectivity index (χ4n) is 1.91. The third kappa shape index (κ3) is 3.73. The lowest BCUT2D eigenvalue weighted by atomic mass is 10.1. The van der Waals surface area contributed by atoms with E-state index in [0.29, 0.717) is 35.7 Å². The maximum Gasteiger partial charge on any atom is 0.256 e. The minimum absolute atomic E-state index is 0.0997. The molecule has 2 aromatic rings. The molecule has 5 heteroatoms. The number of hydrogen-bond donors (Lipinski definition) is 3. The molecule has 0 aliphatic heterocycles. The van der Waals surface area contributed by atoms with Crippen LogP contribution in [0.4, 0.5) is 5.69 Å². The van der Waals surface area contributed by atoms with Gasteiger partial charge >= 0.3 is 0 Å². The molecule has 5 nitrogen and oxygen atoms in total. The standard InChI is InChI=1S/C16H18N2O3/c1-11-14(6-3-7-15(11)19)16(20)18-12-4-2-5-13(10-12)21-9-8-17/h2-7,10,19H,8-9,17H2,1H3,(H,18,20).